The third-order valence-corrected chi connectivity index (χ3v) is 4.86. The molecule has 3 aromatic rings. The Kier molecular flexibility index (Phi) is 4.12. The molecule has 21 heavy (non-hydrogen) atoms. The van der Waals surface area contributed by atoms with Crippen molar-refractivity contribution >= 4 is 38.7 Å². The van der Waals surface area contributed by atoms with Crippen molar-refractivity contribution in [1.29, 1.82) is 0 Å². The Balaban J connectivity index is 1.94. The lowest BCUT2D eigenvalue weighted by atomic mass is 9.98. The predicted molar refractivity (Wildman–Crippen MR) is 91.5 cm³/mol. The Bertz CT molecular complexity index is 769. The van der Waals surface area contributed by atoms with E-state index in [9.17, 15) is 0 Å². The highest BCUT2D eigenvalue weighted by Crippen LogP contribution is 2.31. The second-order valence-electron chi connectivity index (χ2n) is 4.95. The minimum absolute atomic E-state index is 0.0414. The Labute approximate surface area is 132 Å². The normalized spacial score (nSPS) is 12.7. The zero-order chi connectivity index (χ0) is 14.8. The summed E-state index contributed by atoms with van der Waals surface area (Å²) < 4.78 is 1.28. The molecule has 0 saturated heterocycles. The third kappa shape index (κ3) is 2.89. The molecule has 5 heteroatoms. The summed E-state index contributed by atoms with van der Waals surface area (Å²) in [6.07, 6.45) is 0.784. The highest BCUT2D eigenvalue weighted by molar-refractivity contribution is 7.17. The molecular weight excluding hydrogens is 302 g/mol. The molecule has 5 N–H and O–H groups in total. The van der Waals surface area contributed by atoms with E-state index in [1.165, 1.54) is 15.6 Å². The van der Waals surface area contributed by atoms with Crippen molar-refractivity contribution in [3.05, 3.63) is 64.0 Å². The highest BCUT2D eigenvalue weighted by Gasteiger charge is 2.16. The van der Waals surface area contributed by atoms with Gasteiger partial charge in [-0.05, 0) is 46.5 Å². The SMILES string of the molecule is NNC(Cc1csc2ccccc12)c1ccc(Cl)cc1N. The van der Waals surface area contributed by atoms with Gasteiger partial charge in [-0.25, -0.2) is 0 Å². The fraction of sp³-hybridized carbons (Fsp3) is 0.125. The topological polar surface area (TPSA) is 64.1 Å². The number of nitrogens with two attached hydrogens (primary N) is 2. The first-order valence-corrected chi connectivity index (χ1v) is 7.91. The molecule has 0 saturated carbocycles. The van der Waals surface area contributed by atoms with Gasteiger partial charge in [0, 0.05) is 15.4 Å². The molecule has 1 atom stereocenters. The van der Waals surface area contributed by atoms with Crippen LogP contribution < -0.4 is 17.0 Å². The Morgan fingerprint density at radius 2 is 2.00 bits per heavy atom. The van der Waals surface area contributed by atoms with Gasteiger partial charge in [0.05, 0.1) is 6.04 Å². The van der Waals surface area contributed by atoms with Crippen LogP contribution in [0.1, 0.15) is 17.2 Å². The number of halogens is 1. The van der Waals surface area contributed by atoms with Crippen molar-refractivity contribution in [2.75, 3.05) is 5.73 Å². The summed E-state index contributed by atoms with van der Waals surface area (Å²) in [7, 11) is 0. The fourth-order valence-corrected chi connectivity index (χ4v) is 3.69. The Morgan fingerprint density at radius 3 is 2.76 bits per heavy atom. The van der Waals surface area contributed by atoms with Crippen molar-refractivity contribution in [2.45, 2.75) is 12.5 Å². The molecule has 0 aliphatic heterocycles. The second-order valence-corrected chi connectivity index (χ2v) is 6.30. The molecule has 3 rings (SSSR count). The molecule has 0 fully saturated rings. The molecule has 0 aliphatic rings. The first-order chi connectivity index (χ1) is 10.2. The van der Waals surface area contributed by atoms with Crippen LogP contribution in [0.15, 0.2) is 47.8 Å². The molecule has 1 aromatic heterocycles. The summed E-state index contributed by atoms with van der Waals surface area (Å²) in [5.74, 6) is 5.74. The van der Waals surface area contributed by atoms with Crippen LogP contribution in [-0.2, 0) is 6.42 Å². The first kappa shape index (κ1) is 14.4. The van der Waals surface area contributed by atoms with Gasteiger partial charge < -0.3 is 5.73 Å². The van der Waals surface area contributed by atoms with Gasteiger partial charge >= 0.3 is 0 Å². The molecule has 2 aromatic carbocycles. The number of hydrazine groups is 1. The fourth-order valence-electron chi connectivity index (χ4n) is 2.53. The summed E-state index contributed by atoms with van der Waals surface area (Å²) in [5, 5.41) is 4.09. The van der Waals surface area contributed by atoms with Crippen LogP contribution in [0.2, 0.25) is 5.02 Å². The molecule has 0 radical (unpaired) electrons. The Morgan fingerprint density at radius 1 is 1.19 bits per heavy atom. The lowest BCUT2D eigenvalue weighted by Crippen LogP contribution is -2.30. The summed E-state index contributed by atoms with van der Waals surface area (Å²) >= 11 is 7.70. The van der Waals surface area contributed by atoms with Gasteiger partial charge in [-0.15, -0.1) is 11.3 Å². The van der Waals surface area contributed by atoms with Crippen LogP contribution in [0.3, 0.4) is 0 Å². The van der Waals surface area contributed by atoms with E-state index in [2.05, 4.69) is 35.1 Å². The van der Waals surface area contributed by atoms with E-state index in [1.807, 2.05) is 12.1 Å². The number of nitrogens with one attached hydrogen (secondary N) is 1. The van der Waals surface area contributed by atoms with Crippen molar-refractivity contribution in [3.8, 4) is 0 Å². The van der Waals surface area contributed by atoms with E-state index in [-0.39, 0.29) is 6.04 Å². The number of benzene rings is 2. The Hall–Kier alpha value is -1.59. The molecular formula is C16H16ClN3S. The number of hydrogen-bond donors (Lipinski definition) is 3. The van der Waals surface area contributed by atoms with Gasteiger partial charge in [0.1, 0.15) is 0 Å². The summed E-state index contributed by atoms with van der Waals surface area (Å²) in [6, 6.07) is 13.9. The number of fused-ring (bicyclic) bond motifs is 1. The lowest BCUT2D eigenvalue weighted by Gasteiger charge is -2.18. The number of hydrogen-bond acceptors (Lipinski definition) is 4. The quantitative estimate of drug-likeness (QED) is 0.388. The summed E-state index contributed by atoms with van der Waals surface area (Å²) in [6.45, 7) is 0. The van der Waals surface area contributed by atoms with Gasteiger partial charge in [-0.3, -0.25) is 11.3 Å². The van der Waals surface area contributed by atoms with Crippen molar-refractivity contribution in [3.63, 3.8) is 0 Å². The molecule has 0 bridgehead atoms. The van der Waals surface area contributed by atoms with E-state index in [1.54, 1.807) is 17.4 Å². The third-order valence-electron chi connectivity index (χ3n) is 3.61. The molecule has 1 heterocycles. The highest BCUT2D eigenvalue weighted by atomic mass is 35.5. The van der Waals surface area contributed by atoms with E-state index in [0.29, 0.717) is 10.7 Å². The van der Waals surface area contributed by atoms with Crippen molar-refractivity contribution in [2.24, 2.45) is 5.84 Å². The monoisotopic (exact) mass is 317 g/mol. The maximum atomic E-state index is 6.06. The largest absolute Gasteiger partial charge is 0.398 e. The van der Waals surface area contributed by atoms with Gasteiger partial charge in [-0.1, -0.05) is 35.9 Å². The lowest BCUT2D eigenvalue weighted by molar-refractivity contribution is 0.555. The van der Waals surface area contributed by atoms with E-state index in [0.717, 1.165) is 12.0 Å². The van der Waals surface area contributed by atoms with Gasteiger partial charge in [0.15, 0.2) is 0 Å². The minimum atomic E-state index is -0.0414. The van der Waals surface area contributed by atoms with Crippen LogP contribution in [0.25, 0.3) is 10.1 Å². The van der Waals surface area contributed by atoms with E-state index >= 15 is 0 Å². The molecule has 0 amide bonds. The van der Waals surface area contributed by atoms with Crippen LogP contribution in [0.5, 0.6) is 0 Å². The van der Waals surface area contributed by atoms with E-state index < -0.39 is 0 Å². The zero-order valence-electron chi connectivity index (χ0n) is 11.3. The molecule has 0 spiro atoms. The van der Waals surface area contributed by atoms with E-state index in [4.69, 9.17) is 23.2 Å². The maximum Gasteiger partial charge on any atom is 0.0521 e. The van der Waals surface area contributed by atoms with Crippen molar-refractivity contribution in [1.82, 2.24) is 5.43 Å². The summed E-state index contributed by atoms with van der Waals surface area (Å²) in [5.41, 5.74) is 11.8. The smallest absolute Gasteiger partial charge is 0.0521 e. The predicted octanol–water partition coefficient (Wildman–Crippen LogP) is 3.88. The van der Waals surface area contributed by atoms with Gasteiger partial charge in [0.25, 0.3) is 0 Å². The second kappa shape index (κ2) is 6.03. The molecule has 108 valence electrons. The number of rotatable bonds is 4. The molecule has 3 nitrogen and oxygen atoms in total. The van der Waals surface area contributed by atoms with Crippen LogP contribution in [-0.4, -0.2) is 0 Å². The standard InChI is InChI=1S/C16H16ClN3S/c17-11-5-6-13(14(18)8-11)15(20-19)7-10-9-21-16-4-2-1-3-12(10)16/h1-6,8-9,15,20H,7,18-19H2. The average molecular weight is 318 g/mol. The van der Waals surface area contributed by atoms with Crippen molar-refractivity contribution < 1.29 is 0 Å². The number of nitrogen functional groups attached to an aromatic ring is 1. The van der Waals surface area contributed by atoms with Crippen LogP contribution in [0.4, 0.5) is 5.69 Å². The minimum Gasteiger partial charge on any atom is -0.398 e. The average Bonchev–Trinajstić information content (AvgIpc) is 2.89. The van der Waals surface area contributed by atoms with Gasteiger partial charge in [0.2, 0.25) is 0 Å². The zero-order valence-corrected chi connectivity index (χ0v) is 12.9. The maximum absolute atomic E-state index is 6.06. The molecule has 0 aliphatic carbocycles. The summed E-state index contributed by atoms with van der Waals surface area (Å²) in [4.78, 5) is 0. The first-order valence-electron chi connectivity index (χ1n) is 6.65. The number of thiophene rings is 1. The van der Waals surface area contributed by atoms with Gasteiger partial charge in [-0.2, -0.15) is 0 Å². The van der Waals surface area contributed by atoms with Crippen LogP contribution in [0, 0.1) is 0 Å². The van der Waals surface area contributed by atoms with Crippen LogP contribution >= 0.6 is 22.9 Å². The number of anilines is 1. The molecule has 1 unspecified atom stereocenters.